The maximum Gasteiger partial charge on any atom is 0.224 e. The molecule has 3 nitrogen and oxygen atoms in total. The van der Waals surface area contributed by atoms with Crippen LogP contribution in [0.15, 0.2) is 28.4 Å². The third kappa shape index (κ3) is 1.21. The van der Waals surface area contributed by atoms with Gasteiger partial charge in [0, 0.05) is 5.56 Å². The Morgan fingerprint density at radius 2 is 2.50 bits per heavy atom. The summed E-state index contributed by atoms with van der Waals surface area (Å²) in [5.41, 5.74) is 0.989. The first kappa shape index (κ1) is 7.36. The second-order valence-electron chi connectivity index (χ2n) is 2.21. The zero-order chi connectivity index (χ0) is 8.39. The molecule has 0 aliphatic heterocycles. The van der Waals surface area contributed by atoms with Crippen LogP contribution in [0.3, 0.4) is 0 Å². The fraction of sp³-hybridized carbons (Fsp3) is 0.125. The summed E-state index contributed by atoms with van der Waals surface area (Å²) in [5.74, 6) is 0.649. The minimum atomic E-state index is 0.649. The van der Waals surface area contributed by atoms with E-state index in [9.17, 15) is 0 Å². The Kier molecular flexibility index (Phi) is 1.83. The minimum Gasteiger partial charge on any atom is -0.480 e. The van der Waals surface area contributed by atoms with Gasteiger partial charge in [0.05, 0.1) is 18.8 Å². The lowest BCUT2D eigenvalue weighted by Gasteiger charge is -1.88. The average Bonchev–Trinajstić information content (AvgIpc) is 2.75. The average molecular weight is 181 g/mol. The Morgan fingerprint density at radius 3 is 3.08 bits per heavy atom. The van der Waals surface area contributed by atoms with E-state index in [1.54, 1.807) is 19.6 Å². The van der Waals surface area contributed by atoms with Gasteiger partial charge in [-0.05, 0) is 6.07 Å². The molecule has 0 spiro atoms. The summed E-state index contributed by atoms with van der Waals surface area (Å²) >= 11 is 1.54. The van der Waals surface area contributed by atoms with Crippen molar-refractivity contribution in [3.05, 3.63) is 24.0 Å². The molecule has 0 aliphatic carbocycles. The van der Waals surface area contributed by atoms with Crippen LogP contribution >= 0.6 is 11.3 Å². The molecule has 2 rings (SSSR count). The fourth-order valence-electron chi connectivity index (χ4n) is 0.872. The van der Waals surface area contributed by atoms with E-state index in [0.29, 0.717) is 5.88 Å². The number of furan rings is 1. The molecule has 62 valence electrons. The Labute approximate surface area is 73.6 Å². The van der Waals surface area contributed by atoms with Crippen molar-refractivity contribution >= 4 is 11.3 Å². The summed E-state index contributed by atoms with van der Waals surface area (Å²) in [4.78, 5) is 4.21. The predicted molar refractivity (Wildman–Crippen MR) is 46.4 cm³/mol. The highest BCUT2D eigenvalue weighted by Gasteiger charge is 2.04. The molecule has 2 aromatic heterocycles. The molecule has 0 amide bonds. The van der Waals surface area contributed by atoms with Crippen molar-refractivity contribution in [3.63, 3.8) is 0 Å². The van der Waals surface area contributed by atoms with Crippen LogP contribution in [-0.4, -0.2) is 12.1 Å². The summed E-state index contributed by atoms with van der Waals surface area (Å²) in [6.45, 7) is 0. The van der Waals surface area contributed by atoms with Gasteiger partial charge in [0.2, 0.25) is 5.88 Å². The fourth-order valence-corrected chi connectivity index (χ4v) is 1.63. The molecule has 0 radical (unpaired) electrons. The van der Waals surface area contributed by atoms with Crippen LogP contribution in [0.4, 0.5) is 0 Å². The van der Waals surface area contributed by atoms with Crippen molar-refractivity contribution in [1.29, 1.82) is 0 Å². The van der Waals surface area contributed by atoms with Crippen molar-refractivity contribution in [2.75, 3.05) is 7.11 Å². The Bertz CT molecular complexity index is 353. The molecule has 2 aromatic rings. The monoisotopic (exact) mass is 181 g/mol. The Hall–Kier alpha value is -1.29. The molecular weight excluding hydrogens is 174 g/mol. The Balaban J connectivity index is 2.35. The van der Waals surface area contributed by atoms with E-state index in [1.165, 1.54) is 11.3 Å². The number of hydrogen-bond acceptors (Lipinski definition) is 4. The maximum atomic E-state index is 4.96. The van der Waals surface area contributed by atoms with E-state index in [1.807, 2.05) is 11.4 Å². The zero-order valence-corrected chi connectivity index (χ0v) is 7.30. The zero-order valence-electron chi connectivity index (χ0n) is 6.48. The number of nitrogens with zero attached hydrogens (tertiary/aromatic N) is 1. The molecule has 4 heteroatoms. The first-order valence-electron chi connectivity index (χ1n) is 3.42. The van der Waals surface area contributed by atoms with Gasteiger partial charge in [0.25, 0.3) is 0 Å². The van der Waals surface area contributed by atoms with Crippen molar-refractivity contribution < 1.29 is 9.15 Å². The van der Waals surface area contributed by atoms with Gasteiger partial charge in [-0.2, -0.15) is 0 Å². The topological polar surface area (TPSA) is 35.3 Å². The number of ether oxygens (including phenoxy) is 1. The summed E-state index contributed by atoms with van der Waals surface area (Å²) < 4.78 is 9.90. The van der Waals surface area contributed by atoms with Crippen LogP contribution in [-0.2, 0) is 0 Å². The van der Waals surface area contributed by atoms with E-state index in [0.717, 1.165) is 10.6 Å². The summed E-state index contributed by atoms with van der Waals surface area (Å²) in [7, 11) is 1.61. The lowest BCUT2D eigenvalue weighted by Crippen LogP contribution is -1.80. The number of aromatic nitrogens is 1. The molecule has 0 aliphatic rings. The van der Waals surface area contributed by atoms with Crippen molar-refractivity contribution in [1.82, 2.24) is 4.98 Å². The quantitative estimate of drug-likeness (QED) is 0.713. The molecule has 0 saturated carbocycles. The molecule has 0 fully saturated rings. The van der Waals surface area contributed by atoms with E-state index < -0.39 is 0 Å². The number of hydrogen-bond donors (Lipinski definition) is 0. The van der Waals surface area contributed by atoms with E-state index in [-0.39, 0.29) is 0 Å². The second kappa shape index (κ2) is 2.98. The highest BCUT2D eigenvalue weighted by molar-refractivity contribution is 7.13. The molecule has 2 heterocycles. The smallest absolute Gasteiger partial charge is 0.224 e. The van der Waals surface area contributed by atoms with Gasteiger partial charge in [-0.1, -0.05) is 0 Å². The number of methoxy groups -OCH3 is 1. The highest BCUT2D eigenvalue weighted by atomic mass is 32.1. The van der Waals surface area contributed by atoms with Gasteiger partial charge in [-0.25, -0.2) is 4.98 Å². The van der Waals surface area contributed by atoms with Gasteiger partial charge < -0.3 is 9.15 Å². The molecule has 0 aromatic carbocycles. The van der Waals surface area contributed by atoms with Gasteiger partial charge in [0.15, 0.2) is 0 Å². The third-order valence-electron chi connectivity index (χ3n) is 1.46. The van der Waals surface area contributed by atoms with Gasteiger partial charge >= 0.3 is 0 Å². The molecule has 0 N–H and O–H groups in total. The Morgan fingerprint density at radius 1 is 1.58 bits per heavy atom. The predicted octanol–water partition coefficient (Wildman–Crippen LogP) is 2.41. The maximum absolute atomic E-state index is 4.96. The van der Waals surface area contributed by atoms with Crippen molar-refractivity contribution in [2.24, 2.45) is 0 Å². The highest BCUT2D eigenvalue weighted by Crippen LogP contribution is 2.26. The van der Waals surface area contributed by atoms with Gasteiger partial charge in [-0.3, -0.25) is 0 Å². The van der Waals surface area contributed by atoms with Crippen LogP contribution in [0.1, 0.15) is 0 Å². The molecule has 0 atom stereocenters. The van der Waals surface area contributed by atoms with Gasteiger partial charge in [-0.15, -0.1) is 11.3 Å². The van der Waals surface area contributed by atoms with Crippen molar-refractivity contribution in [3.8, 4) is 16.5 Å². The second-order valence-corrected chi connectivity index (χ2v) is 3.07. The van der Waals surface area contributed by atoms with Crippen molar-refractivity contribution in [2.45, 2.75) is 0 Å². The molecule has 0 unspecified atom stereocenters. The van der Waals surface area contributed by atoms with Crippen LogP contribution in [0.25, 0.3) is 10.6 Å². The first-order valence-corrected chi connectivity index (χ1v) is 4.30. The summed E-state index contributed by atoms with van der Waals surface area (Å²) in [6.07, 6.45) is 3.29. The molecular formula is C8H7NO2S. The van der Waals surface area contributed by atoms with Crippen LogP contribution in [0.5, 0.6) is 5.88 Å². The summed E-state index contributed by atoms with van der Waals surface area (Å²) in [6, 6.07) is 1.87. The SMILES string of the molecule is COc1csc(-c2ccoc2)n1. The molecule has 12 heavy (non-hydrogen) atoms. The summed E-state index contributed by atoms with van der Waals surface area (Å²) in [5, 5.41) is 2.78. The van der Waals surface area contributed by atoms with Gasteiger partial charge in [0.1, 0.15) is 11.3 Å². The first-order chi connectivity index (χ1) is 5.90. The third-order valence-corrected chi connectivity index (χ3v) is 2.33. The van der Waals surface area contributed by atoms with Crippen LogP contribution < -0.4 is 4.74 Å². The number of thiazole rings is 1. The van der Waals surface area contributed by atoms with E-state index >= 15 is 0 Å². The lowest BCUT2D eigenvalue weighted by atomic mass is 10.4. The van der Waals surface area contributed by atoms with Crippen LogP contribution in [0, 0.1) is 0 Å². The standard InChI is InChI=1S/C8H7NO2S/c1-10-7-5-12-8(9-7)6-2-3-11-4-6/h2-5H,1H3. The van der Waals surface area contributed by atoms with E-state index in [4.69, 9.17) is 9.15 Å². The normalized spacial score (nSPS) is 10.1. The number of rotatable bonds is 2. The molecule has 0 saturated heterocycles. The largest absolute Gasteiger partial charge is 0.480 e. The lowest BCUT2D eigenvalue weighted by molar-refractivity contribution is 0.401. The van der Waals surface area contributed by atoms with E-state index in [2.05, 4.69) is 4.98 Å². The minimum absolute atomic E-state index is 0.649. The molecule has 0 bridgehead atoms. The van der Waals surface area contributed by atoms with Crippen LogP contribution in [0.2, 0.25) is 0 Å².